The van der Waals surface area contributed by atoms with E-state index in [1.807, 2.05) is 0 Å². The number of halogens is 1. The molecule has 0 aliphatic heterocycles. The van der Waals surface area contributed by atoms with Crippen LogP contribution in [0.2, 0.25) is 0 Å². The molecule has 0 saturated heterocycles. The zero-order chi connectivity index (χ0) is 13.0. The highest BCUT2D eigenvalue weighted by atomic mass is 19.1. The van der Waals surface area contributed by atoms with Gasteiger partial charge >= 0.3 is 0 Å². The summed E-state index contributed by atoms with van der Waals surface area (Å²) in [5.41, 5.74) is 6.41. The largest absolute Gasteiger partial charge is 0.366 e. The Labute approximate surface area is 104 Å². The van der Waals surface area contributed by atoms with Crippen molar-refractivity contribution in [3.8, 4) is 0 Å². The molecule has 4 nitrogen and oxygen atoms in total. The Bertz CT molecular complexity index is 537. The molecule has 18 heavy (non-hydrogen) atoms. The minimum absolute atomic E-state index is 0.261. The van der Waals surface area contributed by atoms with E-state index in [0.29, 0.717) is 17.9 Å². The van der Waals surface area contributed by atoms with Crippen molar-refractivity contribution < 1.29 is 9.18 Å². The van der Waals surface area contributed by atoms with E-state index >= 15 is 0 Å². The smallest absolute Gasteiger partial charge is 0.250 e. The fraction of sp³-hybridized carbons (Fsp3) is 0.0769. The van der Waals surface area contributed by atoms with Crippen LogP contribution in [0.3, 0.4) is 0 Å². The molecule has 2 aromatic rings. The van der Waals surface area contributed by atoms with Gasteiger partial charge in [0.25, 0.3) is 0 Å². The maximum atomic E-state index is 12.7. The minimum Gasteiger partial charge on any atom is -0.366 e. The lowest BCUT2D eigenvalue weighted by Gasteiger charge is -2.05. The molecule has 92 valence electrons. The average Bonchev–Trinajstić information content (AvgIpc) is 2.38. The lowest BCUT2D eigenvalue weighted by Crippen LogP contribution is -2.11. The molecule has 1 amide bonds. The summed E-state index contributed by atoms with van der Waals surface area (Å²) in [6.07, 6.45) is 1.41. The minimum atomic E-state index is -0.507. The first-order valence-electron chi connectivity index (χ1n) is 5.39. The van der Waals surface area contributed by atoms with E-state index in [2.05, 4.69) is 10.3 Å². The van der Waals surface area contributed by atoms with E-state index in [0.717, 1.165) is 5.56 Å². The Kier molecular flexibility index (Phi) is 3.52. The molecule has 3 N–H and O–H groups in total. The molecule has 0 spiro atoms. The molecule has 1 heterocycles. The van der Waals surface area contributed by atoms with E-state index in [1.165, 1.54) is 18.3 Å². The van der Waals surface area contributed by atoms with Crippen LogP contribution in [0.4, 0.5) is 10.2 Å². The third-order valence-electron chi connectivity index (χ3n) is 2.43. The average molecular weight is 245 g/mol. The highest BCUT2D eigenvalue weighted by molar-refractivity contribution is 5.92. The molecule has 0 unspecified atom stereocenters. The van der Waals surface area contributed by atoms with Gasteiger partial charge in [0.05, 0.1) is 5.56 Å². The molecule has 0 atom stereocenters. The number of nitrogens with two attached hydrogens (primary N) is 1. The van der Waals surface area contributed by atoms with Crippen LogP contribution in [-0.4, -0.2) is 10.9 Å². The van der Waals surface area contributed by atoms with Crippen LogP contribution in [0.15, 0.2) is 42.6 Å². The third kappa shape index (κ3) is 3.04. The van der Waals surface area contributed by atoms with Gasteiger partial charge in [0, 0.05) is 12.7 Å². The Morgan fingerprint density at radius 3 is 2.50 bits per heavy atom. The number of carbonyl (C=O) groups excluding carboxylic acids is 1. The zero-order valence-corrected chi connectivity index (χ0v) is 9.56. The highest BCUT2D eigenvalue weighted by Crippen LogP contribution is 2.08. The van der Waals surface area contributed by atoms with Gasteiger partial charge in [0.1, 0.15) is 11.6 Å². The van der Waals surface area contributed by atoms with Gasteiger partial charge in [0.15, 0.2) is 0 Å². The summed E-state index contributed by atoms with van der Waals surface area (Å²) < 4.78 is 12.7. The molecule has 0 aliphatic rings. The van der Waals surface area contributed by atoms with Crippen LogP contribution in [0.5, 0.6) is 0 Å². The molecule has 0 saturated carbocycles. The molecule has 1 aromatic heterocycles. The first-order valence-corrected chi connectivity index (χ1v) is 5.39. The molecular weight excluding hydrogens is 233 g/mol. The van der Waals surface area contributed by atoms with Crippen LogP contribution in [0.25, 0.3) is 0 Å². The van der Waals surface area contributed by atoms with E-state index < -0.39 is 5.91 Å². The van der Waals surface area contributed by atoms with Crippen molar-refractivity contribution >= 4 is 11.7 Å². The van der Waals surface area contributed by atoms with Crippen molar-refractivity contribution in [2.24, 2.45) is 5.73 Å². The standard InChI is InChI=1S/C13H12FN3O/c14-11-4-1-9(2-5-11)7-16-12-6-3-10(8-17-12)13(15)18/h1-6,8H,7H2,(H2,15,18)(H,16,17). The molecule has 0 radical (unpaired) electrons. The van der Waals surface area contributed by atoms with Gasteiger partial charge in [-0.05, 0) is 29.8 Å². The molecular formula is C13H12FN3O. The number of pyridine rings is 1. The lowest BCUT2D eigenvalue weighted by atomic mass is 10.2. The van der Waals surface area contributed by atoms with Crippen molar-refractivity contribution in [3.05, 3.63) is 59.5 Å². The summed E-state index contributed by atoms with van der Waals surface area (Å²) in [6.45, 7) is 0.531. The summed E-state index contributed by atoms with van der Waals surface area (Å²) in [7, 11) is 0. The normalized spacial score (nSPS) is 10.1. The second-order valence-electron chi connectivity index (χ2n) is 3.78. The fourth-order valence-corrected chi connectivity index (χ4v) is 1.44. The number of carbonyl (C=O) groups is 1. The highest BCUT2D eigenvalue weighted by Gasteiger charge is 2.01. The summed E-state index contributed by atoms with van der Waals surface area (Å²) >= 11 is 0. The van der Waals surface area contributed by atoms with Crippen molar-refractivity contribution in [2.75, 3.05) is 5.32 Å². The first-order chi connectivity index (χ1) is 8.65. The van der Waals surface area contributed by atoms with Crippen molar-refractivity contribution in [1.29, 1.82) is 0 Å². The van der Waals surface area contributed by atoms with Crippen molar-refractivity contribution in [1.82, 2.24) is 4.98 Å². The number of hydrogen-bond donors (Lipinski definition) is 2. The number of rotatable bonds is 4. The molecule has 1 aromatic carbocycles. The molecule has 0 bridgehead atoms. The molecule has 5 heteroatoms. The Balaban J connectivity index is 1.97. The molecule has 0 fully saturated rings. The van der Waals surface area contributed by atoms with Gasteiger partial charge in [0.2, 0.25) is 5.91 Å². The molecule has 2 rings (SSSR count). The van der Waals surface area contributed by atoms with Crippen molar-refractivity contribution in [2.45, 2.75) is 6.54 Å². The van der Waals surface area contributed by atoms with Gasteiger partial charge in [-0.2, -0.15) is 0 Å². The number of nitrogens with one attached hydrogen (secondary N) is 1. The lowest BCUT2D eigenvalue weighted by molar-refractivity contribution is 0.1000. The van der Waals surface area contributed by atoms with E-state index in [1.54, 1.807) is 24.3 Å². The number of anilines is 1. The number of benzene rings is 1. The monoisotopic (exact) mass is 245 g/mol. The topological polar surface area (TPSA) is 68.0 Å². The SMILES string of the molecule is NC(=O)c1ccc(NCc2ccc(F)cc2)nc1. The summed E-state index contributed by atoms with van der Waals surface area (Å²) in [6, 6.07) is 9.47. The van der Waals surface area contributed by atoms with Gasteiger partial charge in [-0.25, -0.2) is 9.37 Å². The van der Waals surface area contributed by atoms with E-state index in [9.17, 15) is 9.18 Å². The zero-order valence-electron chi connectivity index (χ0n) is 9.56. The van der Waals surface area contributed by atoms with Crippen LogP contribution in [0, 0.1) is 5.82 Å². The third-order valence-corrected chi connectivity index (χ3v) is 2.43. The number of aromatic nitrogens is 1. The van der Waals surface area contributed by atoms with Crippen molar-refractivity contribution in [3.63, 3.8) is 0 Å². The summed E-state index contributed by atoms with van der Waals surface area (Å²) in [5.74, 6) is -0.139. The van der Waals surface area contributed by atoms with Crippen LogP contribution in [-0.2, 0) is 6.54 Å². The molecule has 0 aliphatic carbocycles. The quantitative estimate of drug-likeness (QED) is 0.864. The first kappa shape index (κ1) is 12.0. The Hall–Kier alpha value is -2.43. The van der Waals surface area contributed by atoms with Gasteiger partial charge in [-0.15, -0.1) is 0 Å². The Morgan fingerprint density at radius 2 is 1.94 bits per heavy atom. The number of nitrogens with zero attached hydrogens (tertiary/aromatic N) is 1. The van der Waals surface area contributed by atoms with Gasteiger partial charge in [-0.1, -0.05) is 12.1 Å². The van der Waals surface area contributed by atoms with Crippen LogP contribution < -0.4 is 11.1 Å². The van der Waals surface area contributed by atoms with Gasteiger partial charge in [-0.3, -0.25) is 4.79 Å². The van der Waals surface area contributed by atoms with E-state index in [-0.39, 0.29) is 5.82 Å². The number of hydrogen-bond acceptors (Lipinski definition) is 3. The predicted molar refractivity (Wildman–Crippen MR) is 66.5 cm³/mol. The van der Waals surface area contributed by atoms with Gasteiger partial charge < -0.3 is 11.1 Å². The maximum absolute atomic E-state index is 12.7. The second kappa shape index (κ2) is 5.27. The fourth-order valence-electron chi connectivity index (χ4n) is 1.44. The number of amides is 1. The maximum Gasteiger partial charge on any atom is 0.250 e. The second-order valence-corrected chi connectivity index (χ2v) is 3.78. The predicted octanol–water partition coefficient (Wildman–Crippen LogP) is 1.93. The van der Waals surface area contributed by atoms with Crippen LogP contribution >= 0.6 is 0 Å². The van der Waals surface area contributed by atoms with E-state index in [4.69, 9.17) is 5.73 Å². The van der Waals surface area contributed by atoms with Crippen LogP contribution in [0.1, 0.15) is 15.9 Å². The summed E-state index contributed by atoms with van der Waals surface area (Å²) in [5, 5.41) is 3.06. The summed E-state index contributed by atoms with van der Waals surface area (Å²) in [4.78, 5) is 14.9. The number of primary amides is 1. The Morgan fingerprint density at radius 1 is 1.22 bits per heavy atom.